The van der Waals surface area contributed by atoms with Crippen molar-refractivity contribution in [3.8, 4) is 0 Å². The SMILES string of the molecule is O=C(O)CC(O)C(=O)O.OCCO.[Na+].[OH-]. The van der Waals surface area contributed by atoms with E-state index in [2.05, 4.69) is 0 Å². The van der Waals surface area contributed by atoms with Crippen LogP contribution in [0.4, 0.5) is 0 Å². The van der Waals surface area contributed by atoms with Crippen LogP contribution < -0.4 is 29.6 Å². The summed E-state index contributed by atoms with van der Waals surface area (Å²) >= 11 is 0. The predicted octanol–water partition coefficient (Wildman–Crippen LogP) is -5.30. The van der Waals surface area contributed by atoms with E-state index in [0.29, 0.717) is 0 Å². The Kier molecular flexibility index (Phi) is 26.1. The zero-order chi connectivity index (χ0) is 10.9. The monoisotopic (exact) mass is 236 g/mol. The van der Waals surface area contributed by atoms with E-state index >= 15 is 0 Å². The van der Waals surface area contributed by atoms with E-state index in [1.165, 1.54) is 0 Å². The molecular formula is C6H13NaO8. The van der Waals surface area contributed by atoms with Crippen LogP contribution in [-0.2, 0) is 9.59 Å². The Labute approximate surface area is 108 Å². The number of aliphatic hydroxyl groups is 3. The molecule has 0 bridgehead atoms. The summed E-state index contributed by atoms with van der Waals surface area (Å²) in [6.45, 7) is -0.250. The summed E-state index contributed by atoms with van der Waals surface area (Å²) in [4.78, 5) is 19.4. The molecule has 0 saturated heterocycles. The molecule has 0 heterocycles. The van der Waals surface area contributed by atoms with Crippen LogP contribution in [-0.4, -0.2) is 62.3 Å². The molecular weight excluding hydrogens is 223 g/mol. The minimum atomic E-state index is -1.79. The molecule has 0 aliphatic rings. The Morgan fingerprint density at radius 1 is 1.07 bits per heavy atom. The van der Waals surface area contributed by atoms with Gasteiger partial charge in [-0.1, -0.05) is 0 Å². The number of carboxylic acid groups (broad SMARTS) is 2. The second kappa shape index (κ2) is 16.2. The molecule has 86 valence electrons. The average molecular weight is 236 g/mol. The molecule has 1 atom stereocenters. The first-order valence-electron chi connectivity index (χ1n) is 3.30. The van der Waals surface area contributed by atoms with Crippen molar-refractivity contribution in [3.63, 3.8) is 0 Å². The van der Waals surface area contributed by atoms with Gasteiger partial charge in [0.2, 0.25) is 0 Å². The normalized spacial score (nSPS) is 9.53. The maximum atomic E-state index is 9.72. The summed E-state index contributed by atoms with van der Waals surface area (Å²) in [5.74, 6) is -2.85. The van der Waals surface area contributed by atoms with Gasteiger partial charge in [0.05, 0.1) is 19.6 Å². The van der Waals surface area contributed by atoms with Gasteiger partial charge in [-0.15, -0.1) is 0 Å². The first kappa shape index (κ1) is 24.2. The number of hydrogen-bond acceptors (Lipinski definition) is 6. The summed E-state index contributed by atoms with van der Waals surface area (Å²) in [7, 11) is 0. The van der Waals surface area contributed by atoms with Gasteiger partial charge in [-0.25, -0.2) is 4.79 Å². The van der Waals surface area contributed by atoms with Gasteiger partial charge in [-0.3, -0.25) is 4.79 Å². The quantitative estimate of drug-likeness (QED) is 0.302. The number of carboxylic acids is 2. The third-order valence-corrected chi connectivity index (χ3v) is 0.753. The number of aliphatic hydroxyl groups excluding tert-OH is 3. The van der Waals surface area contributed by atoms with Gasteiger partial charge in [0.25, 0.3) is 0 Å². The smallest absolute Gasteiger partial charge is 0.870 e. The van der Waals surface area contributed by atoms with Crippen molar-refractivity contribution in [1.82, 2.24) is 0 Å². The van der Waals surface area contributed by atoms with Gasteiger partial charge < -0.3 is 31.0 Å². The number of hydrogen-bond donors (Lipinski definition) is 5. The fraction of sp³-hybridized carbons (Fsp3) is 0.667. The predicted molar refractivity (Wildman–Crippen MR) is 42.0 cm³/mol. The molecule has 0 rings (SSSR count). The van der Waals surface area contributed by atoms with Gasteiger partial charge in [0.1, 0.15) is 0 Å². The Hall–Kier alpha value is -0.220. The molecule has 0 aliphatic carbocycles. The number of carbonyl (C=O) groups is 2. The molecule has 6 N–H and O–H groups in total. The molecule has 9 heteroatoms. The molecule has 0 aromatic rings. The Balaban J connectivity index is -0.0000000883. The molecule has 1 unspecified atom stereocenters. The van der Waals surface area contributed by atoms with Gasteiger partial charge in [-0.05, 0) is 0 Å². The van der Waals surface area contributed by atoms with Gasteiger partial charge in [0.15, 0.2) is 6.10 Å². The first-order chi connectivity index (χ1) is 5.95. The first-order valence-corrected chi connectivity index (χ1v) is 3.30. The van der Waals surface area contributed by atoms with Crippen molar-refractivity contribution in [3.05, 3.63) is 0 Å². The molecule has 15 heavy (non-hydrogen) atoms. The maximum Gasteiger partial charge on any atom is 1.00 e. The number of rotatable bonds is 4. The van der Waals surface area contributed by atoms with E-state index in [9.17, 15) is 9.59 Å². The van der Waals surface area contributed by atoms with Crippen LogP contribution >= 0.6 is 0 Å². The fourth-order valence-electron chi connectivity index (χ4n) is 0.253. The zero-order valence-electron chi connectivity index (χ0n) is 8.20. The van der Waals surface area contributed by atoms with E-state index in [4.69, 9.17) is 25.5 Å². The third-order valence-electron chi connectivity index (χ3n) is 0.753. The Morgan fingerprint density at radius 2 is 1.40 bits per heavy atom. The molecule has 0 amide bonds. The molecule has 0 aromatic heterocycles. The second-order valence-electron chi connectivity index (χ2n) is 1.90. The van der Waals surface area contributed by atoms with Gasteiger partial charge in [0, 0.05) is 0 Å². The summed E-state index contributed by atoms with van der Waals surface area (Å²) in [5, 5.41) is 39.4. The Bertz CT molecular complexity index is 159. The maximum absolute atomic E-state index is 9.72. The van der Waals surface area contributed by atoms with E-state index in [0.717, 1.165) is 0 Å². The third kappa shape index (κ3) is 24.8. The minimum Gasteiger partial charge on any atom is -0.870 e. The molecule has 0 spiro atoms. The topological polar surface area (TPSA) is 165 Å². The van der Waals surface area contributed by atoms with Crippen LogP contribution in [0.5, 0.6) is 0 Å². The van der Waals surface area contributed by atoms with Crippen LogP contribution in [0.25, 0.3) is 0 Å². The van der Waals surface area contributed by atoms with Crippen molar-refractivity contribution in [2.45, 2.75) is 12.5 Å². The van der Waals surface area contributed by atoms with Gasteiger partial charge >= 0.3 is 41.5 Å². The van der Waals surface area contributed by atoms with E-state index in [1.807, 2.05) is 0 Å². The summed E-state index contributed by atoms with van der Waals surface area (Å²) < 4.78 is 0. The van der Waals surface area contributed by atoms with Crippen molar-refractivity contribution < 1.29 is 70.2 Å². The van der Waals surface area contributed by atoms with Crippen LogP contribution in [0.2, 0.25) is 0 Å². The standard InChI is InChI=1S/C4H6O5.C2H6O2.Na.H2O/c5-2(4(8)9)1-3(6)7;3-1-2-4;;/h2,5H,1H2,(H,6,7)(H,8,9);3-4H,1-2H2;;1H2/q;;+1;/p-1. The molecule has 0 radical (unpaired) electrons. The zero-order valence-corrected chi connectivity index (χ0v) is 10.2. The Morgan fingerprint density at radius 3 is 1.47 bits per heavy atom. The van der Waals surface area contributed by atoms with Crippen LogP contribution in [0.3, 0.4) is 0 Å². The van der Waals surface area contributed by atoms with E-state index in [-0.39, 0.29) is 48.2 Å². The molecule has 8 nitrogen and oxygen atoms in total. The van der Waals surface area contributed by atoms with Crippen molar-refractivity contribution >= 4 is 11.9 Å². The van der Waals surface area contributed by atoms with E-state index in [1.54, 1.807) is 0 Å². The van der Waals surface area contributed by atoms with Crippen molar-refractivity contribution in [2.24, 2.45) is 0 Å². The summed E-state index contributed by atoms with van der Waals surface area (Å²) in [6, 6.07) is 0. The summed E-state index contributed by atoms with van der Waals surface area (Å²) in [5.41, 5.74) is 0. The number of aliphatic carboxylic acids is 2. The fourth-order valence-corrected chi connectivity index (χ4v) is 0.253. The second-order valence-corrected chi connectivity index (χ2v) is 1.90. The summed E-state index contributed by atoms with van der Waals surface area (Å²) in [6.07, 6.45) is -2.54. The molecule has 0 fully saturated rings. The van der Waals surface area contributed by atoms with Crippen LogP contribution in [0.15, 0.2) is 0 Å². The minimum absolute atomic E-state index is 0. The van der Waals surface area contributed by atoms with Crippen LogP contribution in [0, 0.1) is 0 Å². The van der Waals surface area contributed by atoms with Crippen molar-refractivity contribution in [1.29, 1.82) is 0 Å². The van der Waals surface area contributed by atoms with E-state index < -0.39 is 24.5 Å². The van der Waals surface area contributed by atoms with Gasteiger partial charge in [-0.2, -0.15) is 0 Å². The largest absolute Gasteiger partial charge is 1.00 e. The van der Waals surface area contributed by atoms with Crippen molar-refractivity contribution in [2.75, 3.05) is 13.2 Å². The average Bonchev–Trinajstić information content (AvgIpc) is 2.03. The molecule has 0 aliphatic heterocycles. The van der Waals surface area contributed by atoms with Crippen LogP contribution in [0.1, 0.15) is 6.42 Å². The molecule has 0 saturated carbocycles. The molecule has 0 aromatic carbocycles.